The van der Waals surface area contributed by atoms with E-state index in [1.165, 1.54) is 12.1 Å². The van der Waals surface area contributed by atoms with Crippen molar-refractivity contribution in [1.82, 2.24) is 0 Å². The first-order valence-corrected chi connectivity index (χ1v) is 7.09. The first-order chi connectivity index (χ1) is 8.99. The van der Waals surface area contributed by atoms with Crippen LogP contribution in [0.25, 0.3) is 0 Å². The molecule has 0 radical (unpaired) electrons. The highest BCUT2D eigenvalue weighted by atomic mass is 79.9. The molecule has 2 nitrogen and oxygen atoms in total. The first kappa shape index (κ1) is 14.2. The zero-order chi connectivity index (χ0) is 14.0. The molecule has 5 heteroatoms. The van der Waals surface area contributed by atoms with E-state index in [1.54, 1.807) is 12.1 Å². The van der Waals surface area contributed by atoms with Gasteiger partial charge in [0.1, 0.15) is 5.82 Å². The number of carbonyl (C=O) groups excluding carboxylic acids is 1. The van der Waals surface area contributed by atoms with E-state index in [2.05, 4.69) is 37.2 Å². The molecule has 19 heavy (non-hydrogen) atoms. The normalized spacial score (nSPS) is 10.3. The molecule has 0 unspecified atom stereocenters. The van der Waals surface area contributed by atoms with Crippen molar-refractivity contribution in [3.8, 4) is 0 Å². The van der Waals surface area contributed by atoms with Crippen LogP contribution in [0.5, 0.6) is 0 Å². The molecule has 0 aliphatic rings. The van der Waals surface area contributed by atoms with Crippen LogP contribution in [-0.4, -0.2) is 5.91 Å². The zero-order valence-corrected chi connectivity index (χ0v) is 13.2. The molecular formula is C14H10Br2FNO. The SMILES string of the molecule is Cc1cccc(NC(=O)c2cc(Br)ccc2F)c1Br. The minimum atomic E-state index is -0.551. The van der Waals surface area contributed by atoms with Crippen molar-refractivity contribution in [3.05, 3.63) is 62.3 Å². The third kappa shape index (κ3) is 3.22. The fourth-order valence-electron chi connectivity index (χ4n) is 1.61. The van der Waals surface area contributed by atoms with E-state index in [-0.39, 0.29) is 5.56 Å². The van der Waals surface area contributed by atoms with Crippen LogP contribution < -0.4 is 5.32 Å². The topological polar surface area (TPSA) is 29.1 Å². The van der Waals surface area contributed by atoms with Gasteiger partial charge in [-0.25, -0.2) is 4.39 Å². The number of halogens is 3. The second-order valence-electron chi connectivity index (χ2n) is 4.01. The van der Waals surface area contributed by atoms with Crippen LogP contribution in [0.2, 0.25) is 0 Å². The predicted octanol–water partition coefficient (Wildman–Crippen LogP) is 4.91. The highest BCUT2D eigenvalue weighted by Crippen LogP contribution is 2.26. The highest BCUT2D eigenvalue weighted by molar-refractivity contribution is 9.11. The lowest BCUT2D eigenvalue weighted by Crippen LogP contribution is -2.14. The fourth-order valence-corrected chi connectivity index (χ4v) is 2.33. The molecule has 2 rings (SSSR count). The van der Waals surface area contributed by atoms with Gasteiger partial charge in [-0.2, -0.15) is 0 Å². The Morgan fingerprint density at radius 2 is 1.95 bits per heavy atom. The maximum Gasteiger partial charge on any atom is 0.258 e. The molecule has 0 saturated heterocycles. The summed E-state index contributed by atoms with van der Waals surface area (Å²) in [7, 11) is 0. The van der Waals surface area contributed by atoms with E-state index in [1.807, 2.05) is 19.1 Å². The van der Waals surface area contributed by atoms with Gasteiger partial charge in [0.15, 0.2) is 0 Å². The number of benzene rings is 2. The number of anilines is 1. The average molecular weight is 387 g/mol. The van der Waals surface area contributed by atoms with Gasteiger partial charge < -0.3 is 5.32 Å². The zero-order valence-electron chi connectivity index (χ0n) is 10.0. The van der Waals surface area contributed by atoms with Crippen molar-refractivity contribution in [2.45, 2.75) is 6.92 Å². The summed E-state index contributed by atoms with van der Waals surface area (Å²) in [5.74, 6) is -1.03. The summed E-state index contributed by atoms with van der Waals surface area (Å²) in [4.78, 5) is 12.1. The first-order valence-electron chi connectivity index (χ1n) is 5.50. The van der Waals surface area contributed by atoms with Crippen molar-refractivity contribution >= 4 is 43.5 Å². The number of nitrogens with one attached hydrogen (secondary N) is 1. The second kappa shape index (κ2) is 5.84. The molecule has 1 amide bonds. The Bertz CT molecular complexity index is 643. The number of carbonyl (C=O) groups is 1. The van der Waals surface area contributed by atoms with Crippen molar-refractivity contribution in [2.24, 2.45) is 0 Å². The Hall–Kier alpha value is -1.20. The summed E-state index contributed by atoms with van der Waals surface area (Å²) in [5.41, 5.74) is 1.61. The van der Waals surface area contributed by atoms with Crippen molar-refractivity contribution in [3.63, 3.8) is 0 Å². The third-order valence-electron chi connectivity index (χ3n) is 2.61. The van der Waals surface area contributed by atoms with Gasteiger partial charge >= 0.3 is 0 Å². The molecule has 2 aromatic carbocycles. The molecule has 0 bridgehead atoms. The van der Waals surface area contributed by atoms with Crippen molar-refractivity contribution in [1.29, 1.82) is 0 Å². The van der Waals surface area contributed by atoms with Crippen molar-refractivity contribution in [2.75, 3.05) is 5.32 Å². The largest absolute Gasteiger partial charge is 0.321 e. The van der Waals surface area contributed by atoms with Gasteiger partial charge in [0.2, 0.25) is 0 Å². The van der Waals surface area contributed by atoms with Gasteiger partial charge in [-0.15, -0.1) is 0 Å². The average Bonchev–Trinajstić information content (AvgIpc) is 2.38. The molecule has 1 N–H and O–H groups in total. The second-order valence-corrected chi connectivity index (χ2v) is 5.72. The number of rotatable bonds is 2. The Morgan fingerprint density at radius 3 is 2.68 bits per heavy atom. The molecule has 0 aliphatic heterocycles. The van der Waals surface area contributed by atoms with E-state index in [4.69, 9.17) is 0 Å². The predicted molar refractivity (Wildman–Crippen MR) is 80.9 cm³/mol. The summed E-state index contributed by atoms with van der Waals surface area (Å²) in [6.07, 6.45) is 0. The van der Waals surface area contributed by atoms with Crippen LogP contribution in [0.1, 0.15) is 15.9 Å². The standard InChI is InChI=1S/C14H10Br2FNO/c1-8-3-2-4-12(13(8)16)18-14(19)10-7-9(15)5-6-11(10)17/h2-7H,1H3,(H,18,19). The van der Waals surface area contributed by atoms with Crippen molar-refractivity contribution < 1.29 is 9.18 Å². The van der Waals surface area contributed by atoms with E-state index in [0.717, 1.165) is 10.0 Å². The molecule has 0 spiro atoms. The van der Waals surface area contributed by atoms with Crippen LogP contribution in [0.15, 0.2) is 45.3 Å². The lowest BCUT2D eigenvalue weighted by molar-refractivity contribution is 0.102. The Morgan fingerprint density at radius 1 is 1.21 bits per heavy atom. The molecule has 0 fully saturated rings. The van der Waals surface area contributed by atoms with Crippen LogP contribution >= 0.6 is 31.9 Å². The maximum absolute atomic E-state index is 13.6. The summed E-state index contributed by atoms with van der Waals surface area (Å²) < 4.78 is 15.1. The lowest BCUT2D eigenvalue weighted by Gasteiger charge is -2.10. The molecule has 2 aromatic rings. The number of amides is 1. The van der Waals surface area contributed by atoms with Gasteiger partial charge in [0.05, 0.1) is 11.3 Å². The van der Waals surface area contributed by atoms with E-state index in [9.17, 15) is 9.18 Å². The number of aryl methyl sites for hydroxylation is 1. The fraction of sp³-hybridized carbons (Fsp3) is 0.0714. The van der Waals surface area contributed by atoms with E-state index >= 15 is 0 Å². The summed E-state index contributed by atoms with van der Waals surface area (Å²) in [6, 6.07) is 9.75. The molecule has 98 valence electrons. The Balaban J connectivity index is 2.31. The number of hydrogen-bond acceptors (Lipinski definition) is 1. The van der Waals surface area contributed by atoms with Crippen LogP contribution in [-0.2, 0) is 0 Å². The molecular weight excluding hydrogens is 377 g/mol. The summed E-state index contributed by atoms with van der Waals surface area (Å²) >= 11 is 6.62. The van der Waals surface area contributed by atoms with Crippen LogP contribution in [0.4, 0.5) is 10.1 Å². The van der Waals surface area contributed by atoms with Gasteiger partial charge in [0.25, 0.3) is 5.91 Å². The highest BCUT2D eigenvalue weighted by Gasteiger charge is 2.14. The third-order valence-corrected chi connectivity index (χ3v) is 4.16. The van der Waals surface area contributed by atoms with Gasteiger partial charge in [-0.3, -0.25) is 4.79 Å². The number of hydrogen-bond donors (Lipinski definition) is 1. The van der Waals surface area contributed by atoms with E-state index < -0.39 is 11.7 Å². The van der Waals surface area contributed by atoms with Crippen LogP contribution in [0, 0.1) is 12.7 Å². The molecule has 0 saturated carbocycles. The smallest absolute Gasteiger partial charge is 0.258 e. The Labute approximate surface area is 127 Å². The molecule has 0 aliphatic carbocycles. The van der Waals surface area contributed by atoms with E-state index in [0.29, 0.717) is 10.2 Å². The molecule has 0 aromatic heterocycles. The van der Waals surface area contributed by atoms with Gasteiger partial charge in [0, 0.05) is 8.95 Å². The van der Waals surface area contributed by atoms with Gasteiger partial charge in [-0.1, -0.05) is 28.1 Å². The summed E-state index contributed by atoms with van der Waals surface area (Å²) in [6.45, 7) is 1.92. The lowest BCUT2D eigenvalue weighted by atomic mass is 10.2. The minimum absolute atomic E-state index is 0.00258. The minimum Gasteiger partial charge on any atom is -0.321 e. The van der Waals surface area contributed by atoms with Gasteiger partial charge in [-0.05, 0) is 52.7 Å². The molecule has 0 atom stereocenters. The summed E-state index contributed by atoms with van der Waals surface area (Å²) in [5, 5.41) is 2.69. The molecule has 0 heterocycles. The monoisotopic (exact) mass is 385 g/mol. The maximum atomic E-state index is 13.6. The Kier molecular flexibility index (Phi) is 4.37. The van der Waals surface area contributed by atoms with Crippen LogP contribution in [0.3, 0.4) is 0 Å². The quantitative estimate of drug-likeness (QED) is 0.780.